The number of likely N-dealkylation sites (tertiary alicyclic amines) is 3. The molecule has 8 rings (SSSR count). The van der Waals surface area contributed by atoms with Gasteiger partial charge in [0.15, 0.2) is 11.5 Å². The van der Waals surface area contributed by atoms with E-state index >= 15 is 0 Å². The SMILES string of the molecule is Cc1cc(Nc2nccn3c(-c4ccc(OC(F)F)cc4)cnc23)ccc1C(=O)N1CCC(C(=O)N2CC3(C2)CN(C2CC2)C3)CC1. The van der Waals surface area contributed by atoms with Crippen LogP contribution in [0, 0.1) is 18.3 Å². The number of carbonyl (C=O) groups is 2. The van der Waals surface area contributed by atoms with Gasteiger partial charge in [-0.3, -0.25) is 18.9 Å². The van der Waals surface area contributed by atoms with Crippen molar-refractivity contribution in [1.29, 1.82) is 0 Å². The lowest BCUT2D eigenvalue weighted by Gasteiger charge is -2.61. The summed E-state index contributed by atoms with van der Waals surface area (Å²) in [6, 6.07) is 12.8. The lowest BCUT2D eigenvalue weighted by atomic mass is 9.72. The van der Waals surface area contributed by atoms with Crippen molar-refractivity contribution >= 4 is 29.0 Å². The van der Waals surface area contributed by atoms with Crippen LogP contribution in [0.1, 0.15) is 41.6 Å². The number of piperidine rings is 1. The van der Waals surface area contributed by atoms with Gasteiger partial charge in [0.1, 0.15) is 5.75 Å². The Morgan fingerprint density at radius 3 is 2.38 bits per heavy atom. The van der Waals surface area contributed by atoms with Crippen LogP contribution in [-0.2, 0) is 4.79 Å². The summed E-state index contributed by atoms with van der Waals surface area (Å²) < 4.78 is 31.4. The number of nitrogens with one attached hydrogen (secondary N) is 1. The van der Waals surface area contributed by atoms with Gasteiger partial charge in [0.05, 0.1) is 11.9 Å². The number of aromatic nitrogens is 3. The summed E-state index contributed by atoms with van der Waals surface area (Å²) >= 11 is 0. The normalized spacial score (nSPS) is 19.6. The highest BCUT2D eigenvalue weighted by Crippen LogP contribution is 2.45. The Hall–Kier alpha value is -4.58. The van der Waals surface area contributed by atoms with Gasteiger partial charge in [0.25, 0.3) is 5.91 Å². The Kier molecular flexibility index (Phi) is 7.35. The smallest absolute Gasteiger partial charge is 0.387 e. The third-order valence-corrected chi connectivity index (χ3v) is 10.2. The average molecular weight is 642 g/mol. The van der Waals surface area contributed by atoms with Crippen molar-refractivity contribution in [3.8, 4) is 17.0 Å². The molecule has 4 fully saturated rings. The molecule has 2 amide bonds. The van der Waals surface area contributed by atoms with Gasteiger partial charge in [-0.15, -0.1) is 0 Å². The summed E-state index contributed by atoms with van der Waals surface area (Å²) in [6.07, 6.45) is 9.23. The summed E-state index contributed by atoms with van der Waals surface area (Å²) in [6.45, 7) is 4.30. The number of fused-ring (bicyclic) bond motifs is 1. The maximum Gasteiger partial charge on any atom is 0.387 e. The molecule has 244 valence electrons. The molecule has 2 aromatic heterocycles. The first-order chi connectivity index (χ1) is 22.7. The first-order valence-electron chi connectivity index (χ1n) is 16.3. The van der Waals surface area contributed by atoms with Crippen LogP contribution in [0.3, 0.4) is 0 Å². The molecule has 0 bridgehead atoms. The van der Waals surface area contributed by atoms with Crippen molar-refractivity contribution in [1.82, 2.24) is 29.1 Å². The van der Waals surface area contributed by atoms with E-state index in [0.29, 0.717) is 48.4 Å². The molecule has 3 saturated heterocycles. The van der Waals surface area contributed by atoms with E-state index in [1.807, 2.05) is 39.3 Å². The first-order valence-corrected chi connectivity index (χ1v) is 16.3. The number of imidazole rings is 1. The van der Waals surface area contributed by atoms with Crippen LogP contribution in [0.25, 0.3) is 16.9 Å². The second kappa shape index (κ2) is 11.6. The number of aryl methyl sites for hydroxylation is 1. The van der Waals surface area contributed by atoms with Crippen LogP contribution in [0.4, 0.5) is 20.3 Å². The second-order valence-electron chi connectivity index (χ2n) is 13.6. The standard InChI is InChI=1S/C35H37F2N7O3/c1-22-16-25(40-30-31-39-17-29(44(31)15-12-38-30)23-2-7-27(8-3-23)47-34(36)37)4-9-28(22)33(46)41-13-10-24(11-14-41)32(45)43-20-35(21-43)18-42(19-35)26-5-6-26/h2-4,7-9,12,15-17,24,26,34H,5-6,10-11,13-14,18-21H2,1H3,(H,38,40). The zero-order valence-electron chi connectivity index (χ0n) is 26.2. The number of ether oxygens (including phenoxy) is 1. The van der Waals surface area contributed by atoms with Crippen LogP contribution >= 0.6 is 0 Å². The van der Waals surface area contributed by atoms with Crippen molar-refractivity contribution in [2.24, 2.45) is 11.3 Å². The molecule has 1 N–H and O–H groups in total. The van der Waals surface area contributed by atoms with Crippen LogP contribution in [-0.4, -0.2) is 92.8 Å². The van der Waals surface area contributed by atoms with Gasteiger partial charge >= 0.3 is 6.61 Å². The Balaban J connectivity index is 0.879. The maximum atomic E-state index is 13.5. The number of carbonyl (C=O) groups excluding carboxylic acids is 2. The molecule has 0 radical (unpaired) electrons. The van der Waals surface area contributed by atoms with E-state index in [2.05, 4.69) is 24.9 Å². The number of nitrogens with zero attached hydrogens (tertiary/aromatic N) is 6. The fourth-order valence-corrected chi connectivity index (χ4v) is 7.54. The Labute approximate surface area is 271 Å². The third-order valence-electron chi connectivity index (χ3n) is 10.2. The Morgan fingerprint density at radius 1 is 0.957 bits per heavy atom. The fraction of sp³-hybridized carbons (Fsp3) is 0.429. The highest BCUT2D eigenvalue weighted by Gasteiger charge is 2.56. The Bertz CT molecular complexity index is 1820. The maximum absolute atomic E-state index is 13.5. The van der Waals surface area contributed by atoms with E-state index in [9.17, 15) is 18.4 Å². The van der Waals surface area contributed by atoms with Crippen molar-refractivity contribution < 1.29 is 23.1 Å². The molecule has 5 heterocycles. The minimum atomic E-state index is -2.88. The highest BCUT2D eigenvalue weighted by atomic mass is 19.3. The summed E-state index contributed by atoms with van der Waals surface area (Å²) in [4.78, 5) is 42.2. The van der Waals surface area contributed by atoms with Crippen LogP contribution in [0.2, 0.25) is 0 Å². The van der Waals surface area contributed by atoms with Gasteiger partial charge < -0.3 is 19.9 Å². The minimum Gasteiger partial charge on any atom is -0.435 e. The van der Waals surface area contributed by atoms with Crippen LogP contribution in [0.15, 0.2) is 61.1 Å². The van der Waals surface area contributed by atoms with Crippen molar-refractivity contribution in [2.75, 3.05) is 44.6 Å². The van der Waals surface area contributed by atoms with E-state index in [1.165, 1.54) is 25.0 Å². The Morgan fingerprint density at radius 2 is 1.70 bits per heavy atom. The topological polar surface area (TPSA) is 95.3 Å². The number of benzene rings is 2. The van der Waals surface area contributed by atoms with E-state index in [1.54, 1.807) is 30.7 Å². The van der Waals surface area contributed by atoms with E-state index < -0.39 is 6.61 Å². The predicted octanol–water partition coefficient (Wildman–Crippen LogP) is 5.21. The van der Waals surface area contributed by atoms with E-state index in [-0.39, 0.29) is 23.5 Å². The molecule has 10 nitrogen and oxygen atoms in total. The minimum absolute atomic E-state index is 0.000872. The van der Waals surface area contributed by atoms with Gasteiger partial charge in [-0.2, -0.15) is 8.78 Å². The quantitative estimate of drug-likeness (QED) is 0.282. The predicted molar refractivity (Wildman–Crippen MR) is 172 cm³/mol. The molecule has 12 heteroatoms. The largest absolute Gasteiger partial charge is 0.435 e. The van der Waals surface area contributed by atoms with E-state index in [4.69, 9.17) is 0 Å². The number of rotatable bonds is 8. The van der Waals surface area contributed by atoms with Gasteiger partial charge in [-0.25, -0.2) is 9.97 Å². The zero-order chi connectivity index (χ0) is 32.3. The number of amides is 2. The van der Waals surface area contributed by atoms with Crippen molar-refractivity contribution in [3.05, 3.63) is 72.2 Å². The van der Waals surface area contributed by atoms with Crippen LogP contribution in [0.5, 0.6) is 5.75 Å². The number of alkyl halides is 2. The number of anilines is 2. The lowest BCUT2D eigenvalue weighted by molar-refractivity contribution is -0.165. The summed E-state index contributed by atoms with van der Waals surface area (Å²) in [5.41, 5.74) is 4.74. The monoisotopic (exact) mass is 641 g/mol. The molecule has 1 saturated carbocycles. The number of halogens is 2. The molecule has 1 aliphatic carbocycles. The van der Waals surface area contributed by atoms with Crippen molar-refractivity contribution in [3.63, 3.8) is 0 Å². The van der Waals surface area contributed by atoms with Gasteiger partial charge in [-0.1, -0.05) is 0 Å². The zero-order valence-corrected chi connectivity index (χ0v) is 26.2. The second-order valence-corrected chi connectivity index (χ2v) is 13.6. The molecule has 1 spiro atoms. The number of hydrogen-bond donors (Lipinski definition) is 1. The average Bonchev–Trinajstić information content (AvgIpc) is 3.77. The fourth-order valence-electron chi connectivity index (χ4n) is 7.54. The molecule has 3 aliphatic heterocycles. The molecule has 0 atom stereocenters. The summed E-state index contributed by atoms with van der Waals surface area (Å²) in [5, 5.41) is 3.33. The molecule has 0 unspecified atom stereocenters. The summed E-state index contributed by atoms with van der Waals surface area (Å²) in [5.74, 6) is 0.876. The lowest BCUT2D eigenvalue weighted by Crippen LogP contribution is -2.73. The first kappa shape index (κ1) is 29.8. The molecular weight excluding hydrogens is 604 g/mol. The third kappa shape index (κ3) is 5.68. The van der Waals surface area contributed by atoms with E-state index in [0.717, 1.165) is 54.7 Å². The van der Waals surface area contributed by atoms with Gasteiger partial charge in [-0.05, 0) is 80.6 Å². The molecule has 47 heavy (non-hydrogen) atoms. The molecule has 4 aliphatic rings. The van der Waals surface area contributed by atoms with Gasteiger partial charge in [0.2, 0.25) is 5.91 Å². The van der Waals surface area contributed by atoms with Crippen molar-refractivity contribution in [2.45, 2.75) is 45.3 Å². The van der Waals surface area contributed by atoms with Gasteiger partial charge in [0, 0.05) is 85.9 Å². The molecule has 2 aromatic carbocycles. The molecule has 4 aromatic rings. The van der Waals surface area contributed by atoms with Crippen LogP contribution < -0.4 is 10.1 Å². The molecular formula is C35H37F2N7O3. The number of hydrogen-bond acceptors (Lipinski definition) is 7. The highest BCUT2D eigenvalue weighted by molar-refractivity contribution is 5.96. The summed E-state index contributed by atoms with van der Waals surface area (Å²) in [7, 11) is 0.